The molecule has 2 unspecified atom stereocenters. The van der Waals surface area contributed by atoms with Gasteiger partial charge in [-0.2, -0.15) is 0 Å². The minimum atomic E-state index is -0.249. The molecule has 1 rings (SSSR count). The van der Waals surface area contributed by atoms with Crippen LogP contribution in [0.25, 0.3) is 0 Å². The zero-order valence-electron chi connectivity index (χ0n) is 8.53. The first-order chi connectivity index (χ1) is 6.74. The highest BCUT2D eigenvalue weighted by Gasteiger charge is 2.27. The molecule has 2 nitrogen and oxygen atoms in total. The fourth-order valence-corrected chi connectivity index (χ4v) is 1.88. The zero-order valence-corrected chi connectivity index (χ0v) is 8.53. The molecule has 0 spiro atoms. The van der Waals surface area contributed by atoms with Crippen molar-refractivity contribution in [1.82, 2.24) is 0 Å². The molecule has 0 N–H and O–H groups in total. The summed E-state index contributed by atoms with van der Waals surface area (Å²) in [7, 11) is 1.40. The summed E-state index contributed by atoms with van der Waals surface area (Å²) < 4.78 is 4.73. The number of ether oxygens (including phenoxy) is 1. The van der Waals surface area contributed by atoms with Crippen LogP contribution in [0.3, 0.4) is 0 Å². The number of hydrogen-bond donors (Lipinski definition) is 0. The number of carbonyl (C=O) groups is 1. The van der Waals surface area contributed by atoms with Gasteiger partial charge in [-0.15, -0.1) is 13.2 Å². The van der Waals surface area contributed by atoms with Gasteiger partial charge in [0.25, 0.3) is 0 Å². The van der Waals surface area contributed by atoms with Crippen molar-refractivity contribution in [1.29, 1.82) is 0 Å². The van der Waals surface area contributed by atoms with E-state index in [2.05, 4.69) is 13.2 Å². The first kappa shape index (κ1) is 10.8. The van der Waals surface area contributed by atoms with Gasteiger partial charge in [0.2, 0.25) is 0 Å². The van der Waals surface area contributed by atoms with E-state index in [-0.39, 0.29) is 11.9 Å². The Labute approximate surface area is 85.0 Å². The van der Waals surface area contributed by atoms with E-state index in [0.717, 1.165) is 18.4 Å². The molecule has 2 heteroatoms. The van der Waals surface area contributed by atoms with Crippen molar-refractivity contribution in [3.63, 3.8) is 0 Å². The van der Waals surface area contributed by atoms with Crippen LogP contribution in [-0.2, 0) is 9.53 Å². The van der Waals surface area contributed by atoms with E-state index in [1.807, 2.05) is 12.2 Å². The van der Waals surface area contributed by atoms with Crippen molar-refractivity contribution in [2.45, 2.75) is 12.8 Å². The third-order valence-electron chi connectivity index (χ3n) is 2.66. The van der Waals surface area contributed by atoms with Crippen LogP contribution in [0, 0.1) is 11.8 Å². The molecule has 1 aliphatic rings. The SMILES string of the molecule is C=CC1CCC=C(C(=O)OC)C1C=C. The Morgan fingerprint density at radius 2 is 2.29 bits per heavy atom. The van der Waals surface area contributed by atoms with Crippen molar-refractivity contribution < 1.29 is 9.53 Å². The molecule has 0 saturated carbocycles. The molecule has 76 valence electrons. The van der Waals surface area contributed by atoms with Gasteiger partial charge in [0, 0.05) is 11.5 Å². The topological polar surface area (TPSA) is 26.3 Å². The van der Waals surface area contributed by atoms with Gasteiger partial charge in [-0.1, -0.05) is 18.2 Å². The third-order valence-corrected chi connectivity index (χ3v) is 2.66. The molecule has 0 radical (unpaired) electrons. The van der Waals surface area contributed by atoms with E-state index in [1.165, 1.54) is 7.11 Å². The fraction of sp³-hybridized carbons (Fsp3) is 0.417. The molecule has 0 aromatic rings. The first-order valence-electron chi connectivity index (χ1n) is 4.78. The van der Waals surface area contributed by atoms with Crippen LogP contribution in [-0.4, -0.2) is 13.1 Å². The molecule has 1 aliphatic carbocycles. The van der Waals surface area contributed by atoms with E-state index in [4.69, 9.17) is 4.74 Å². The molecule has 0 aromatic heterocycles. The summed E-state index contributed by atoms with van der Waals surface area (Å²) >= 11 is 0. The maximum Gasteiger partial charge on any atom is 0.334 e. The Kier molecular flexibility index (Phi) is 3.69. The van der Waals surface area contributed by atoms with Gasteiger partial charge < -0.3 is 4.74 Å². The maximum absolute atomic E-state index is 11.4. The number of esters is 1. The Hall–Kier alpha value is -1.31. The lowest BCUT2D eigenvalue weighted by molar-refractivity contribution is -0.136. The summed E-state index contributed by atoms with van der Waals surface area (Å²) in [5.41, 5.74) is 0.721. The average molecular weight is 192 g/mol. The summed E-state index contributed by atoms with van der Waals surface area (Å²) in [4.78, 5) is 11.4. The van der Waals surface area contributed by atoms with E-state index < -0.39 is 0 Å². The molecule has 0 aromatic carbocycles. The number of carbonyl (C=O) groups excluding carboxylic acids is 1. The van der Waals surface area contributed by atoms with E-state index in [9.17, 15) is 4.79 Å². The minimum Gasteiger partial charge on any atom is -0.466 e. The zero-order chi connectivity index (χ0) is 10.6. The second-order valence-electron chi connectivity index (χ2n) is 3.39. The van der Waals surface area contributed by atoms with Gasteiger partial charge in [-0.3, -0.25) is 0 Å². The van der Waals surface area contributed by atoms with Crippen LogP contribution in [0.1, 0.15) is 12.8 Å². The second-order valence-corrected chi connectivity index (χ2v) is 3.39. The van der Waals surface area contributed by atoms with Crippen LogP contribution in [0.15, 0.2) is 37.0 Å². The lowest BCUT2D eigenvalue weighted by atomic mass is 9.78. The molecule has 2 atom stereocenters. The second kappa shape index (κ2) is 4.80. The monoisotopic (exact) mass is 192 g/mol. The molecule has 14 heavy (non-hydrogen) atoms. The lowest BCUT2D eigenvalue weighted by Gasteiger charge is -2.26. The van der Waals surface area contributed by atoms with Gasteiger partial charge in [-0.25, -0.2) is 4.79 Å². The quantitative estimate of drug-likeness (QED) is 0.507. The van der Waals surface area contributed by atoms with Gasteiger partial charge in [0.1, 0.15) is 0 Å². The number of allylic oxidation sites excluding steroid dienone is 3. The van der Waals surface area contributed by atoms with Crippen LogP contribution < -0.4 is 0 Å². The summed E-state index contributed by atoms with van der Waals surface area (Å²) in [5, 5.41) is 0. The van der Waals surface area contributed by atoms with Crippen LogP contribution in [0.5, 0.6) is 0 Å². The summed E-state index contributed by atoms with van der Waals surface area (Å²) in [5.74, 6) is 0.127. The summed E-state index contributed by atoms with van der Waals surface area (Å²) in [6.07, 6.45) is 7.57. The molecule has 0 bridgehead atoms. The van der Waals surface area contributed by atoms with Crippen LogP contribution in [0.4, 0.5) is 0 Å². The normalized spacial score (nSPS) is 26.2. The van der Waals surface area contributed by atoms with Gasteiger partial charge in [-0.05, 0) is 18.8 Å². The molecule has 0 heterocycles. The predicted octanol–water partition coefficient (Wildman–Crippen LogP) is 2.48. The fourth-order valence-electron chi connectivity index (χ4n) is 1.88. The van der Waals surface area contributed by atoms with Gasteiger partial charge in [0.15, 0.2) is 0 Å². The third kappa shape index (κ3) is 1.95. The summed E-state index contributed by atoms with van der Waals surface area (Å²) in [6, 6.07) is 0. The van der Waals surface area contributed by atoms with Crippen LogP contribution in [0.2, 0.25) is 0 Å². The van der Waals surface area contributed by atoms with Crippen molar-refractivity contribution in [3.05, 3.63) is 37.0 Å². The standard InChI is InChI=1S/C12H16O2/c1-4-9-7-6-8-11(10(9)5-2)12(13)14-3/h4-5,8-10H,1-2,6-7H2,3H3. The Balaban J connectivity index is 2.92. The lowest BCUT2D eigenvalue weighted by Crippen LogP contribution is -2.22. The average Bonchev–Trinajstić information content (AvgIpc) is 2.26. The number of methoxy groups -OCH3 is 1. The van der Waals surface area contributed by atoms with E-state index in [0.29, 0.717) is 5.92 Å². The highest BCUT2D eigenvalue weighted by molar-refractivity contribution is 5.89. The highest BCUT2D eigenvalue weighted by atomic mass is 16.5. The van der Waals surface area contributed by atoms with Gasteiger partial charge in [0.05, 0.1) is 7.11 Å². The van der Waals surface area contributed by atoms with Crippen molar-refractivity contribution in [2.24, 2.45) is 11.8 Å². The predicted molar refractivity (Wildman–Crippen MR) is 56.7 cm³/mol. The Morgan fingerprint density at radius 1 is 1.57 bits per heavy atom. The van der Waals surface area contributed by atoms with Gasteiger partial charge >= 0.3 is 5.97 Å². The molecule has 0 aliphatic heterocycles. The largest absolute Gasteiger partial charge is 0.466 e. The smallest absolute Gasteiger partial charge is 0.334 e. The molecular formula is C12H16O2. The van der Waals surface area contributed by atoms with Crippen LogP contribution >= 0.6 is 0 Å². The molecule has 0 saturated heterocycles. The highest BCUT2D eigenvalue weighted by Crippen LogP contribution is 2.32. The Bertz CT molecular complexity index is 276. The van der Waals surface area contributed by atoms with Crippen molar-refractivity contribution in [2.75, 3.05) is 7.11 Å². The van der Waals surface area contributed by atoms with E-state index >= 15 is 0 Å². The molecule has 0 amide bonds. The van der Waals surface area contributed by atoms with Crippen molar-refractivity contribution >= 4 is 5.97 Å². The minimum absolute atomic E-state index is 0.0636. The van der Waals surface area contributed by atoms with Crippen molar-refractivity contribution in [3.8, 4) is 0 Å². The summed E-state index contributed by atoms with van der Waals surface area (Å²) in [6.45, 7) is 7.53. The number of hydrogen-bond acceptors (Lipinski definition) is 2. The molecular weight excluding hydrogens is 176 g/mol. The number of rotatable bonds is 3. The maximum atomic E-state index is 11.4. The Morgan fingerprint density at radius 3 is 2.79 bits per heavy atom. The first-order valence-corrected chi connectivity index (χ1v) is 4.78. The molecule has 0 fully saturated rings. The van der Waals surface area contributed by atoms with E-state index in [1.54, 1.807) is 6.08 Å².